The van der Waals surface area contributed by atoms with Gasteiger partial charge in [-0.05, 0) is 31.8 Å². The Morgan fingerprint density at radius 2 is 1.69 bits per heavy atom. The lowest BCUT2D eigenvalue weighted by atomic mass is 10.2. The van der Waals surface area contributed by atoms with Gasteiger partial charge in [0, 0.05) is 19.5 Å². The molecule has 0 aromatic heterocycles. The van der Waals surface area contributed by atoms with Gasteiger partial charge < -0.3 is 10.2 Å². The molecule has 0 spiro atoms. The van der Waals surface area contributed by atoms with E-state index in [9.17, 15) is 4.79 Å². The summed E-state index contributed by atoms with van der Waals surface area (Å²) in [4.78, 5) is 13.9. The lowest BCUT2D eigenvalue weighted by Crippen LogP contribution is -2.33. The molecular weight excluding hydrogens is 200 g/mol. The van der Waals surface area contributed by atoms with Gasteiger partial charge in [0.05, 0.1) is 0 Å². The highest BCUT2D eigenvalue weighted by Gasteiger charge is 2.06. The molecule has 0 fully saturated rings. The van der Waals surface area contributed by atoms with Crippen LogP contribution in [0.3, 0.4) is 0 Å². The molecule has 0 rings (SSSR count). The first-order chi connectivity index (χ1) is 7.60. The third-order valence-corrected chi connectivity index (χ3v) is 2.44. The quantitative estimate of drug-likeness (QED) is 0.656. The van der Waals surface area contributed by atoms with Crippen LogP contribution in [0.15, 0.2) is 0 Å². The van der Waals surface area contributed by atoms with Crippen LogP contribution in [0.1, 0.15) is 47.0 Å². The molecule has 3 nitrogen and oxygen atoms in total. The fraction of sp³-hybridized carbons (Fsp3) is 0.923. The zero-order valence-electron chi connectivity index (χ0n) is 11.4. The molecule has 0 atom stereocenters. The van der Waals surface area contributed by atoms with E-state index in [0.29, 0.717) is 12.3 Å². The van der Waals surface area contributed by atoms with Gasteiger partial charge in [0.25, 0.3) is 0 Å². The molecule has 0 aliphatic carbocycles. The maximum Gasteiger partial charge on any atom is 0.221 e. The molecule has 1 N–H and O–H groups in total. The van der Waals surface area contributed by atoms with Crippen LogP contribution >= 0.6 is 0 Å². The molecule has 0 aromatic rings. The number of hydrogen-bond donors (Lipinski definition) is 1. The summed E-state index contributed by atoms with van der Waals surface area (Å²) < 4.78 is 0. The Bertz CT molecular complexity index is 175. The first kappa shape index (κ1) is 15.4. The largest absolute Gasteiger partial charge is 0.356 e. The van der Waals surface area contributed by atoms with Crippen molar-refractivity contribution < 1.29 is 4.79 Å². The van der Waals surface area contributed by atoms with Gasteiger partial charge in [0.2, 0.25) is 5.91 Å². The molecule has 0 aliphatic heterocycles. The van der Waals surface area contributed by atoms with E-state index in [4.69, 9.17) is 0 Å². The van der Waals surface area contributed by atoms with Gasteiger partial charge in [-0.1, -0.05) is 27.7 Å². The monoisotopic (exact) mass is 228 g/mol. The van der Waals surface area contributed by atoms with E-state index < -0.39 is 0 Å². The third-order valence-electron chi connectivity index (χ3n) is 2.44. The van der Waals surface area contributed by atoms with Crippen molar-refractivity contribution >= 4 is 5.91 Å². The van der Waals surface area contributed by atoms with Crippen LogP contribution in [0.25, 0.3) is 0 Å². The highest BCUT2D eigenvalue weighted by molar-refractivity contribution is 5.76. The van der Waals surface area contributed by atoms with Crippen LogP contribution in [0.4, 0.5) is 0 Å². The SMILES string of the molecule is CCCN(CCC)CCC(=O)NCC(C)C. The first-order valence-corrected chi connectivity index (χ1v) is 6.59. The Labute approximate surface area is 101 Å². The van der Waals surface area contributed by atoms with Crippen LogP contribution in [-0.4, -0.2) is 37.0 Å². The number of carbonyl (C=O) groups excluding carboxylic acids is 1. The summed E-state index contributed by atoms with van der Waals surface area (Å²) in [7, 11) is 0. The fourth-order valence-corrected chi connectivity index (χ4v) is 1.63. The molecule has 96 valence electrons. The molecule has 0 unspecified atom stereocenters. The average molecular weight is 228 g/mol. The number of amides is 1. The van der Waals surface area contributed by atoms with E-state index in [-0.39, 0.29) is 5.91 Å². The maximum absolute atomic E-state index is 11.5. The number of nitrogens with one attached hydrogen (secondary N) is 1. The minimum absolute atomic E-state index is 0.186. The van der Waals surface area contributed by atoms with Gasteiger partial charge in [-0.3, -0.25) is 4.79 Å². The van der Waals surface area contributed by atoms with E-state index in [1.54, 1.807) is 0 Å². The summed E-state index contributed by atoms with van der Waals surface area (Å²) in [5.74, 6) is 0.720. The Morgan fingerprint density at radius 3 is 2.12 bits per heavy atom. The third kappa shape index (κ3) is 8.72. The van der Waals surface area contributed by atoms with Gasteiger partial charge in [0.1, 0.15) is 0 Å². The summed E-state index contributed by atoms with van der Waals surface area (Å²) in [6.45, 7) is 12.5. The van der Waals surface area contributed by atoms with E-state index in [1.807, 2.05) is 0 Å². The van der Waals surface area contributed by atoms with Crippen LogP contribution in [0.2, 0.25) is 0 Å². The number of nitrogens with zero attached hydrogens (tertiary/aromatic N) is 1. The van der Waals surface area contributed by atoms with E-state index >= 15 is 0 Å². The van der Waals surface area contributed by atoms with Gasteiger partial charge in [-0.2, -0.15) is 0 Å². The van der Waals surface area contributed by atoms with Crippen molar-refractivity contribution in [1.29, 1.82) is 0 Å². The van der Waals surface area contributed by atoms with Crippen LogP contribution < -0.4 is 5.32 Å². The predicted octanol–water partition coefficient (Wildman–Crippen LogP) is 2.27. The van der Waals surface area contributed by atoms with E-state index in [2.05, 4.69) is 37.9 Å². The van der Waals surface area contributed by atoms with E-state index in [1.165, 1.54) is 0 Å². The number of rotatable bonds is 9. The molecule has 0 saturated heterocycles. The summed E-state index contributed by atoms with van der Waals surface area (Å²) in [6.07, 6.45) is 2.95. The van der Waals surface area contributed by atoms with Crippen LogP contribution in [0, 0.1) is 5.92 Å². The zero-order chi connectivity index (χ0) is 12.4. The lowest BCUT2D eigenvalue weighted by molar-refractivity contribution is -0.121. The molecule has 1 amide bonds. The molecule has 0 aliphatic rings. The topological polar surface area (TPSA) is 32.3 Å². The van der Waals surface area contributed by atoms with Crippen LogP contribution in [-0.2, 0) is 4.79 Å². The van der Waals surface area contributed by atoms with Gasteiger partial charge in [-0.25, -0.2) is 0 Å². The second-order valence-electron chi connectivity index (χ2n) is 4.79. The second kappa shape index (κ2) is 9.64. The molecule has 16 heavy (non-hydrogen) atoms. The summed E-state index contributed by atoms with van der Waals surface area (Å²) >= 11 is 0. The van der Waals surface area contributed by atoms with Gasteiger partial charge in [0.15, 0.2) is 0 Å². The number of hydrogen-bond acceptors (Lipinski definition) is 2. The Kier molecular flexibility index (Phi) is 9.30. The molecular formula is C13H28N2O. The predicted molar refractivity (Wildman–Crippen MR) is 69.5 cm³/mol. The smallest absolute Gasteiger partial charge is 0.221 e. The molecule has 3 heteroatoms. The summed E-state index contributed by atoms with van der Waals surface area (Å²) in [5, 5.41) is 2.96. The maximum atomic E-state index is 11.5. The molecule has 0 radical (unpaired) electrons. The summed E-state index contributed by atoms with van der Waals surface area (Å²) in [6, 6.07) is 0. The minimum atomic E-state index is 0.186. The molecule has 0 bridgehead atoms. The first-order valence-electron chi connectivity index (χ1n) is 6.59. The fourth-order valence-electron chi connectivity index (χ4n) is 1.63. The average Bonchev–Trinajstić information content (AvgIpc) is 2.23. The minimum Gasteiger partial charge on any atom is -0.356 e. The van der Waals surface area contributed by atoms with Crippen molar-refractivity contribution in [3.63, 3.8) is 0 Å². The Hall–Kier alpha value is -0.570. The van der Waals surface area contributed by atoms with Crippen molar-refractivity contribution in [3.8, 4) is 0 Å². The van der Waals surface area contributed by atoms with Crippen molar-refractivity contribution in [2.24, 2.45) is 5.92 Å². The molecule has 0 heterocycles. The molecule has 0 aromatic carbocycles. The zero-order valence-corrected chi connectivity index (χ0v) is 11.4. The highest BCUT2D eigenvalue weighted by Crippen LogP contribution is 1.96. The summed E-state index contributed by atoms with van der Waals surface area (Å²) in [5.41, 5.74) is 0. The van der Waals surface area contributed by atoms with Crippen molar-refractivity contribution in [1.82, 2.24) is 10.2 Å². The molecule has 0 saturated carbocycles. The second-order valence-corrected chi connectivity index (χ2v) is 4.79. The van der Waals surface area contributed by atoms with Crippen molar-refractivity contribution in [2.45, 2.75) is 47.0 Å². The van der Waals surface area contributed by atoms with Crippen molar-refractivity contribution in [3.05, 3.63) is 0 Å². The number of carbonyl (C=O) groups is 1. The standard InChI is InChI=1S/C13H28N2O/c1-5-8-15(9-6-2)10-7-13(16)14-11-12(3)4/h12H,5-11H2,1-4H3,(H,14,16). The van der Waals surface area contributed by atoms with Gasteiger partial charge in [-0.15, -0.1) is 0 Å². The Morgan fingerprint density at radius 1 is 1.12 bits per heavy atom. The van der Waals surface area contributed by atoms with Gasteiger partial charge >= 0.3 is 0 Å². The lowest BCUT2D eigenvalue weighted by Gasteiger charge is -2.20. The van der Waals surface area contributed by atoms with Crippen molar-refractivity contribution in [2.75, 3.05) is 26.2 Å². The van der Waals surface area contributed by atoms with Crippen LogP contribution in [0.5, 0.6) is 0 Å². The Balaban J connectivity index is 3.68. The van der Waals surface area contributed by atoms with E-state index in [0.717, 1.165) is 39.0 Å². The normalized spacial score (nSPS) is 11.1. The highest BCUT2D eigenvalue weighted by atomic mass is 16.1.